The average Bonchev–Trinajstić information content (AvgIpc) is 2.95. The molecular weight excluding hydrogens is 396 g/mol. The molecule has 6 nitrogen and oxygen atoms in total. The second-order valence-electron chi connectivity index (χ2n) is 5.07. The van der Waals surface area contributed by atoms with Crippen LogP contribution in [0.15, 0.2) is 21.5 Å². The van der Waals surface area contributed by atoms with Gasteiger partial charge in [0.25, 0.3) is 0 Å². The van der Waals surface area contributed by atoms with Crippen LogP contribution >= 0.6 is 28.3 Å². The summed E-state index contributed by atoms with van der Waals surface area (Å²) >= 11 is 3.33. The van der Waals surface area contributed by atoms with E-state index in [2.05, 4.69) is 15.9 Å². The van der Waals surface area contributed by atoms with Gasteiger partial charge in [0, 0.05) is 29.7 Å². The molecule has 1 atom stereocenters. The molecule has 1 aromatic carbocycles. The monoisotopic (exact) mass is 412 g/mol. The lowest BCUT2D eigenvalue weighted by Crippen LogP contribution is -2.40. The van der Waals surface area contributed by atoms with Crippen LogP contribution in [0.1, 0.15) is 12.8 Å². The normalized spacial score (nSPS) is 21.5. The third-order valence-corrected chi connectivity index (χ3v) is 6.69. The number of nitrogens with two attached hydrogens (primary N) is 1. The summed E-state index contributed by atoms with van der Waals surface area (Å²) in [6.45, 7) is 1.72. The summed E-state index contributed by atoms with van der Waals surface area (Å²) in [7, 11) is -3.59. The smallest absolute Gasteiger partial charge is 0.244 e. The third kappa shape index (κ3) is 3.07. The number of rotatable bonds is 3. The minimum atomic E-state index is -3.59. The summed E-state index contributed by atoms with van der Waals surface area (Å²) < 4.78 is 38.6. The van der Waals surface area contributed by atoms with Crippen molar-refractivity contribution in [2.45, 2.75) is 23.8 Å². The molecule has 1 unspecified atom stereocenters. The number of hydrogen-bond acceptors (Lipinski definition) is 5. The van der Waals surface area contributed by atoms with Crippen LogP contribution in [0.5, 0.6) is 11.5 Å². The molecule has 0 radical (unpaired) electrons. The van der Waals surface area contributed by atoms with Gasteiger partial charge >= 0.3 is 0 Å². The molecular formula is C13H18BrClN2O4S. The highest BCUT2D eigenvalue weighted by Gasteiger charge is 2.36. The fourth-order valence-corrected chi connectivity index (χ4v) is 5.43. The highest BCUT2D eigenvalue weighted by Crippen LogP contribution is 2.39. The molecule has 2 aliphatic heterocycles. The van der Waals surface area contributed by atoms with Crippen molar-refractivity contribution in [3.8, 4) is 11.5 Å². The largest absolute Gasteiger partial charge is 0.486 e. The van der Waals surface area contributed by atoms with E-state index in [4.69, 9.17) is 15.2 Å². The maximum absolute atomic E-state index is 12.9. The van der Waals surface area contributed by atoms with Crippen molar-refractivity contribution in [3.05, 3.63) is 16.6 Å². The van der Waals surface area contributed by atoms with E-state index in [1.807, 2.05) is 0 Å². The molecule has 0 aliphatic carbocycles. The van der Waals surface area contributed by atoms with Crippen LogP contribution in [0, 0.1) is 0 Å². The fourth-order valence-electron chi connectivity index (χ4n) is 2.73. The summed E-state index contributed by atoms with van der Waals surface area (Å²) in [5.41, 5.74) is 5.69. The highest BCUT2D eigenvalue weighted by atomic mass is 79.9. The Hall–Kier alpha value is -0.540. The molecule has 1 fully saturated rings. The van der Waals surface area contributed by atoms with Gasteiger partial charge in [-0.1, -0.05) is 0 Å². The van der Waals surface area contributed by atoms with E-state index in [9.17, 15) is 8.42 Å². The predicted octanol–water partition coefficient (Wildman–Crippen LogP) is 1.75. The van der Waals surface area contributed by atoms with Crippen molar-refractivity contribution in [1.82, 2.24) is 4.31 Å². The van der Waals surface area contributed by atoms with Gasteiger partial charge in [0.2, 0.25) is 10.0 Å². The molecule has 2 heterocycles. The van der Waals surface area contributed by atoms with Crippen LogP contribution in [0.4, 0.5) is 0 Å². The molecule has 0 amide bonds. The zero-order valence-corrected chi connectivity index (χ0v) is 15.0. The molecule has 124 valence electrons. The Balaban J connectivity index is 0.00000176. The minimum absolute atomic E-state index is 0. The van der Waals surface area contributed by atoms with E-state index in [1.54, 1.807) is 6.07 Å². The van der Waals surface area contributed by atoms with E-state index < -0.39 is 10.0 Å². The van der Waals surface area contributed by atoms with Crippen LogP contribution in [0.3, 0.4) is 0 Å². The SMILES string of the molecule is Cl.NCC1CCCN1S(=O)(=O)c1cc2c(cc1Br)OCCO2. The zero-order valence-electron chi connectivity index (χ0n) is 11.8. The van der Waals surface area contributed by atoms with E-state index in [0.717, 1.165) is 12.8 Å². The second-order valence-corrected chi connectivity index (χ2v) is 7.79. The second kappa shape index (κ2) is 6.92. The molecule has 0 aromatic heterocycles. The summed E-state index contributed by atoms with van der Waals surface area (Å²) in [6, 6.07) is 3.05. The lowest BCUT2D eigenvalue weighted by molar-refractivity contribution is 0.171. The lowest BCUT2D eigenvalue weighted by Gasteiger charge is -2.25. The fraction of sp³-hybridized carbons (Fsp3) is 0.538. The first kappa shape index (κ1) is 17.8. The predicted molar refractivity (Wildman–Crippen MR) is 88.3 cm³/mol. The van der Waals surface area contributed by atoms with Crippen molar-refractivity contribution in [1.29, 1.82) is 0 Å². The van der Waals surface area contributed by atoms with Gasteiger partial charge < -0.3 is 15.2 Å². The van der Waals surface area contributed by atoms with Gasteiger partial charge in [0.1, 0.15) is 18.1 Å². The first-order valence-electron chi connectivity index (χ1n) is 6.85. The van der Waals surface area contributed by atoms with Crippen LogP contribution in [-0.4, -0.2) is 45.1 Å². The quantitative estimate of drug-likeness (QED) is 0.816. The maximum atomic E-state index is 12.9. The van der Waals surface area contributed by atoms with Gasteiger partial charge in [0.05, 0.1) is 0 Å². The van der Waals surface area contributed by atoms with E-state index in [1.165, 1.54) is 10.4 Å². The Morgan fingerprint density at radius 1 is 1.27 bits per heavy atom. The summed E-state index contributed by atoms with van der Waals surface area (Å²) in [4.78, 5) is 0.201. The molecule has 2 N–H and O–H groups in total. The van der Waals surface area contributed by atoms with Gasteiger partial charge in [-0.05, 0) is 34.8 Å². The molecule has 22 heavy (non-hydrogen) atoms. The first-order chi connectivity index (χ1) is 10.0. The third-order valence-electron chi connectivity index (χ3n) is 3.78. The number of nitrogens with zero attached hydrogens (tertiary/aromatic N) is 1. The minimum Gasteiger partial charge on any atom is -0.486 e. The van der Waals surface area contributed by atoms with Gasteiger partial charge in [-0.2, -0.15) is 4.31 Å². The average molecular weight is 414 g/mol. The highest BCUT2D eigenvalue weighted by molar-refractivity contribution is 9.10. The molecule has 0 spiro atoms. The Morgan fingerprint density at radius 3 is 2.55 bits per heavy atom. The Bertz CT molecular complexity index is 656. The molecule has 0 saturated carbocycles. The topological polar surface area (TPSA) is 81.9 Å². The number of halogens is 2. The van der Waals surface area contributed by atoms with Crippen molar-refractivity contribution in [2.24, 2.45) is 5.73 Å². The summed E-state index contributed by atoms with van der Waals surface area (Å²) in [5, 5.41) is 0. The number of benzene rings is 1. The van der Waals surface area contributed by atoms with E-state index in [-0.39, 0.29) is 23.3 Å². The van der Waals surface area contributed by atoms with Crippen molar-refractivity contribution in [2.75, 3.05) is 26.3 Å². The van der Waals surface area contributed by atoms with E-state index >= 15 is 0 Å². The van der Waals surface area contributed by atoms with Gasteiger partial charge in [-0.15, -0.1) is 12.4 Å². The van der Waals surface area contributed by atoms with Crippen LogP contribution in [0.2, 0.25) is 0 Å². The first-order valence-corrected chi connectivity index (χ1v) is 9.08. The Labute approximate surface area is 144 Å². The zero-order chi connectivity index (χ0) is 15.0. The van der Waals surface area contributed by atoms with Crippen LogP contribution in [0.25, 0.3) is 0 Å². The van der Waals surface area contributed by atoms with Gasteiger partial charge in [-0.25, -0.2) is 8.42 Å². The molecule has 1 aromatic rings. The molecule has 9 heteroatoms. The molecule has 2 aliphatic rings. The van der Waals surface area contributed by atoms with Crippen LogP contribution in [-0.2, 0) is 10.0 Å². The Kier molecular flexibility index (Phi) is 5.60. The van der Waals surface area contributed by atoms with Crippen molar-refractivity contribution >= 4 is 38.4 Å². The molecule has 1 saturated heterocycles. The van der Waals surface area contributed by atoms with Crippen molar-refractivity contribution < 1.29 is 17.9 Å². The van der Waals surface area contributed by atoms with E-state index in [0.29, 0.717) is 42.3 Å². The number of sulfonamides is 1. The number of hydrogen-bond donors (Lipinski definition) is 1. The van der Waals surface area contributed by atoms with Crippen molar-refractivity contribution in [3.63, 3.8) is 0 Å². The standard InChI is InChI=1S/C13H17BrN2O4S.ClH/c14-10-6-11-12(20-5-4-19-11)7-13(10)21(17,18)16-3-1-2-9(16)8-15;/h6-7,9H,1-5,8,15H2;1H. The van der Waals surface area contributed by atoms with Crippen LogP contribution < -0.4 is 15.2 Å². The summed E-state index contributed by atoms with van der Waals surface area (Å²) in [6.07, 6.45) is 1.64. The summed E-state index contributed by atoms with van der Waals surface area (Å²) in [5.74, 6) is 1.02. The number of fused-ring (bicyclic) bond motifs is 1. The molecule has 0 bridgehead atoms. The number of ether oxygens (including phenoxy) is 2. The van der Waals surface area contributed by atoms with Gasteiger partial charge in [-0.3, -0.25) is 0 Å². The Morgan fingerprint density at radius 2 is 1.91 bits per heavy atom. The lowest BCUT2D eigenvalue weighted by atomic mass is 10.2. The van der Waals surface area contributed by atoms with Gasteiger partial charge in [0.15, 0.2) is 11.5 Å². The molecule has 3 rings (SSSR count). The maximum Gasteiger partial charge on any atom is 0.244 e.